The second kappa shape index (κ2) is 6.86. The van der Waals surface area contributed by atoms with Gasteiger partial charge in [0.15, 0.2) is 0 Å². The molecule has 1 saturated heterocycles. The summed E-state index contributed by atoms with van der Waals surface area (Å²) in [5.41, 5.74) is 0. The number of nitrogens with one attached hydrogen (secondary N) is 2. The zero-order chi connectivity index (χ0) is 12.8. The zero-order valence-electron chi connectivity index (χ0n) is 10.2. The van der Waals surface area contributed by atoms with Gasteiger partial charge in [0, 0.05) is 18.2 Å². The maximum atomic E-state index is 11.7. The van der Waals surface area contributed by atoms with Crippen molar-refractivity contribution >= 4 is 23.6 Å². The first-order valence-corrected chi connectivity index (χ1v) is 6.97. The summed E-state index contributed by atoms with van der Waals surface area (Å²) in [5.74, 6) is 0.430. The maximum Gasteiger partial charge on any atom is 0.308 e. The second-order valence-corrected chi connectivity index (χ2v) is 5.71. The van der Waals surface area contributed by atoms with Crippen molar-refractivity contribution in [1.29, 1.82) is 0 Å². The van der Waals surface area contributed by atoms with Crippen LogP contribution in [0.4, 0.5) is 0 Å². The Morgan fingerprint density at radius 3 is 2.71 bits per heavy atom. The molecule has 1 heterocycles. The third-order valence-corrected chi connectivity index (χ3v) is 3.60. The summed E-state index contributed by atoms with van der Waals surface area (Å²) in [6, 6.07) is -0.173. The average molecular weight is 260 g/mol. The number of carbonyl (C=O) groups is 2. The molecule has 0 spiro atoms. The molecule has 2 unspecified atom stereocenters. The molecule has 3 N–H and O–H groups in total. The largest absolute Gasteiger partial charge is 0.481 e. The highest BCUT2D eigenvalue weighted by atomic mass is 32.2. The van der Waals surface area contributed by atoms with Gasteiger partial charge in [0.05, 0.1) is 12.0 Å². The molecule has 98 valence electrons. The molecule has 1 fully saturated rings. The van der Waals surface area contributed by atoms with Crippen LogP contribution in [0.2, 0.25) is 0 Å². The summed E-state index contributed by atoms with van der Waals surface area (Å²) >= 11 is 1.67. The summed E-state index contributed by atoms with van der Waals surface area (Å²) < 4.78 is 0. The third-order valence-electron chi connectivity index (χ3n) is 2.66. The van der Waals surface area contributed by atoms with E-state index >= 15 is 0 Å². The maximum absolute atomic E-state index is 11.7. The number of hydrogen-bond acceptors (Lipinski definition) is 4. The molecule has 1 amide bonds. The zero-order valence-corrected chi connectivity index (χ0v) is 11.0. The summed E-state index contributed by atoms with van der Waals surface area (Å²) in [6.45, 7) is 4.18. The molecule has 0 saturated carbocycles. The van der Waals surface area contributed by atoms with Crippen molar-refractivity contribution in [3.8, 4) is 0 Å². The Bertz CT molecular complexity index is 278. The van der Waals surface area contributed by atoms with Gasteiger partial charge in [-0.05, 0) is 12.3 Å². The highest BCUT2D eigenvalue weighted by Crippen LogP contribution is 2.12. The number of amides is 1. The van der Waals surface area contributed by atoms with Crippen molar-refractivity contribution in [2.45, 2.75) is 26.3 Å². The van der Waals surface area contributed by atoms with E-state index in [1.165, 1.54) is 0 Å². The molecule has 0 radical (unpaired) electrons. The minimum Gasteiger partial charge on any atom is -0.481 e. The fraction of sp³-hybridized carbons (Fsp3) is 0.818. The Morgan fingerprint density at radius 1 is 1.53 bits per heavy atom. The molecule has 0 aromatic rings. The van der Waals surface area contributed by atoms with Gasteiger partial charge >= 0.3 is 5.97 Å². The minimum absolute atomic E-state index is 0.0926. The molecule has 1 aliphatic rings. The van der Waals surface area contributed by atoms with Crippen LogP contribution in [0.15, 0.2) is 0 Å². The molecule has 5 nitrogen and oxygen atoms in total. The Morgan fingerprint density at radius 2 is 2.24 bits per heavy atom. The Balaban J connectivity index is 2.35. The van der Waals surface area contributed by atoms with Crippen LogP contribution in [-0.2, 0) is 9.59 Å². The van der Waals surface area contributed by atoms with E-state index in [0.29, 0.717) is 12.3 Å². The minimum atomic E-state index is -0.840. The van der Waals surface area contributed by atoms with Crippen molar-refractivity contribution in [3.05, 3.63) is 0 Å². The Kier molecular flexibility index (Phi) is 5.77. The van der Waals surface area contributed by atoms with Crippen LogP contribution in [0, 0.1) is 11.8 Å². The number of carboxylic acids is 1. The lowest BCUT2D eigenvalue weighted by atomic mass is 9.97. The molecular formula is C11H20N2O3S. The standard InChI is InChI=1S/C11H20N2O3S/c1-7(2)3-8(11(15)16)4-12-10(14)9-5-17-6-13-9/h7-9,13H,3-6H2,1-2H3,(H,12,14)(H,15,16). The van der Waals surface area contributed by atoms with Gasteiger partial charge in [0.2, 0.25) is 5.91 Å². The van der Waals surface area contributed by atoms with Crippen LogP contribution >= 0.6 is 11.8 Å². The van der Waals surface area contributed by atoms with Crippen molar-refractivity contribution in [2.75, 3.05) is 18.2 Å². The highest BCUT2D eigenvalue weighted by molar-refractivity contribution is 7.99. The van der Waals surface area contributed by atoms with E-state index in [4.69, 9.17) is 5.11 Å². The summed E-state index contributed by atoms with van der Waals surface area (Å²) in [4.78, 5) is 22.7. The summed E-state index contributed by atoms with van der Waals surface area (Å²) in [6.07, 6.45) is 0.586. The third kappa shape index (κ3) is 4.95. The Hall–Kier alpha value is -0.750. The fourth-order valence-corrected chi connectivity index (χ4v) is 2.69. The lowest BCUT2D eigenvalue weighted by Gasteiger charge is -2.17. The predicted molar refractivity (Wildman–Crippen MR) is 67.8 cm³/mol. The molecule has 0 aliphatic carbocycles. The van der Waals surface area contributed by atoms with E-state index in [1.807, 2.05) is 13.8 Å². The van der Waals surface area contributed by atoms with E-state index in [0.717, 1.165) is 11.6 Å². The van der Waals surface area contributed by atoms with E-state index in [1.54, 1.807) is 11.8 Å². The van der Waals surface area contributed by atoms with Crippen LogP contribution in [0.5, 0.6) is 0 Å². The monoisotopic (exact) mass is 260 g/mol. The number of aliphatic carboxylic acids is 1. The first-order chi connectivity index (χ1) is 8.00. The van der Waals surface area contributed by atoms with Crippen LogP contribution in [0.3, 0.4) is 0 Å². The quantitative estimate of drug-likeness (QED) is 0.648. The molecule has 0 aromatic heterocycles. The molecular weight excluding hydrogens is 240 g/mol. The number of rotatable bonds is 6. The number of carboxylic acid groups (broad SMARTS) is 1. The van der Waals surface area contributed by atoms with E-state index in [-0.39, 0.29) is 18.5 Å². The van der Waals surface area contributed by atoms with Crippen molar-refractivity contribution in [1.82, 2.24) is 10.6 Å². The van der Waals surface area contributed by atoms with Gasteiger partial charge in [-0.25, -0.2) is 0 Å². The van der Waals surface area contributed by atoms with Gasteiger partial charge in [-0.1, -0.05) is 13.8 Å². The highest BCUT2D eigenvalue weighted by Gasteiger charge is 2.25. The molecule has 2 atom stereocenters. The van der Waals surface area contributed by atoms with Gasteiger partial charge in [0.25, 0.3) is 0 Å². The number of carbonyl (C=O) groups excluding carboxylic acids is 1. The molecule has 0 aromatic carbocycles. The fourth-order valence-electron chi connectivity index (χ4n) is 1.75. The average Bonchev–Trinajstić information content (AvgIpc) is 2.76. The first kappa shape index (κ1) is 14.3. The van der Waals surface area contributed by atoms with Crippen LogP contribution in [0.1, 0.15) is 20.3 Å². The summed E-state index contributed by atoms with van der Waals surface area (Å²) in [7, 11) is 0. The molecule has 17 heavy (non-hydrogen) atoms. The molecule has 0 bridgehead atoms. The van der Waals surface area contributed by atoms with Gasteiger partial charge < -0.3 is 10.4 Å². The lowest BCUT2D eigenvalue weighted by Crippen LogP contribution is -2.44. The molecule has 6 heteroatoms. The van der Waals surface area contributed by atoms with Crippen LogP contribution < -0.4 is 10.6 Å². The first-order valence-electron chi connectivity index (χ1n) is 5.82. The van der Waals surface area contributed by atoms with Crippen molar-refractivity contribution in [2.24, 2.45) is 11.8 Å². The van der Waals surface area contributed by atoms with E-state index in [2.05, 4.69) is 10.6 Å². The molecule has 1 aliphatic heterocycles. The van der Waals surface area contributed by atoms with Gasteiger partial charge in [-0.2, -0.15) is 0 Å². The van der Waals surface area contributed by atoms with Crippen LogP contribution in [0.25, 0.3) is 0 Å². The normalized spacial score (nSPS) is 21.5. The van der Waals surface area contributed by atoms with Crippen molar-refractivity contribution in [3.63, 3.8) is 0 Å². The summed E-state index contributed by atoms with van der Waals surface area (Å²) in [5, 5.41) is 14.8. The van der Waals surface area contributed by atoms with Gasteiger partial charge in [0.1, 0.15) is 0 Å². The number of thioether (sulfide) groups is 1. The number of hydrogen-bond donors (Lipinski definition) is 3. The smallest absolute Gasteiger partial charge is 0.308 e. The van der Waals surface area contributed by atoms with Gasteiger partial charge in [-0.3, -0.25) is 14.9 Å². The van der Waals surface area contributed by atoms with Crippen molar-refractivity contribution < 1.29 is 14.7 Å². The SMILES string of the molecule is CC(C)CC(CNC(=O)C1CSCN1)C(=O)O. The topological polar surface area (TPSA) is 78.4 Å². The Labute approximate surface area is 106 Å². The predicted octanol–water partition coefficient (Wildman–Crippen LogP) is 0.512. The van der Waals surface area contributed by atoms with Gasteiger partial charge in [-0.15, -0.1) is 11.8 Å². The van der Waals surface area contributed by atoms with E-state index in [9.17, 15) is 9.59 Å². The molecule has 1 rings (SSSR count). The van der Waals surface area contributed by atoms with E-state index < -0.39 is 11.9 Å². The lowest BCUT2D eigenvalue weighted by molar-refractivity contribution is -0.142. The second-order valence-electron chi connectivity index (χ2n) is 4.68. The van der Waals surface area contributed by atoms with Crippen LogP contribution in [-0.4, -0.2) is 41.2 Å².